The summed E-state index contributed by atoms with van der Waals surface area (Å²) < 4.78 is 11.3. The number of carboxylic acids is 1. The number of amides is 1. The molecule has 0 saturated carbocycles. The number of methoxy groups -OCH3 is 1. The zero-order valence-corrected chi connectivity index (χ0v) is 23.0. The lowest BCUT2D eigenvalue weighted by molar-refractivity contribution is -0.138. The van der Waals surface area contributed by atoms with Crippen molar-refractivity contribution in [3.63, 3.8) is 0 Å². The zero-order valence-electron chi connectivity index (χ0n) is 23.0. The molecule has 6 rings (SSSR count). The Morgan fingerprint density at radius 3 is 2.46 bits per heavy atom. The van der Waals surface area contributed by atoms with Crippen molar-refractivity contribution in [1.29, 1.82) is 0 Å². The summed E-state index contributed by atoms with van der Waals surface area (Å²) in [5.41, 5.74) is 6.29. The second kappa shape index (κ2) is 10.1. The number of benzene rings is 3. The Kier molecular flexibility index (Phi) is 6.37. The van der Waals surface area contributed by atoms with Crippen LogP contribution in [0.25, 0.3) is 55.1 Å². The van der Waals surface area contributed by atoms with Gasteiger partial charge >= 0.3 is 5.97 Å². The minimum atomic E-state index is -1.02. The van der Waals surface area contributed by atoms with E-state index in [4.69, 9.17) is 24.3 Å². The van der Waals surface area contributed by atoms with E-state index in [1.807, 2.05) is 69.3 Å². The Hall–Kier alpha value is -5.25. The first-order valence-electron chi connectivity index (χ1n) is 13.1. The van der Waals surface area contributed by atoms with Crippen molar-refractivity contribution in [2.45, 2.75) is 33.6 Å². The zero-order chi connectivity index (χ0) is 28.8. The van der Waals surface area contributed by atoms with Gasteiger partial charge in [-0.05, 0) is 44.4 Å². The first-order valence-corrected chi connectivity index (χ1v) is 13.1. The summed E-state index contributed by atoms with van der Waals surface area (Å²) in [7, 11) is 1.64. The molecule has 10 nitrogen and oxygen atoms in total. The van der Waals surface area contributed by atoms with Gasteiger partial charge in [-0.25, -0.2) is 9.97 Å². The Balaban J connectivity index is 1.55. The quantitative estimate of drug-likeness (QED) is 0.210. The molecule has 3 aromatic heterocycles. The second-order valence-corrected chi connectivity index (χ2v) is 9.91. The number of carboxylic acid groups (broad SMARTS) is 1. The molecule has 0 aliphatic heterocycles. The van der Waals surface area contributed by atoms with Crippen LogP contribution in [0.5, 0.6) is 5.75 Å². The molecule has 206 valence electrons. The van der Waals surface area contributed by atoms with Crippen LogP contribution in [0, 0.1) is 20.8 Å². The summed E-state index contributed by atoms with van der Waals surface area (Å²) in [6, 6.07) is 15.5. The van der Waals surface area contributed by atoms with Crippen LogP contribution in [-0.2, 0) is 9.59 Å². The van der Waals surface area contributed by atoms with Crippen LogP contribution >= 0.6 is 0 Å². The average Bonchev–Trinajstić information content (AvgIpc) is 3.48. The monoisotopic (exact) mass is 549 g/mol. The average molecular weight is 550 g/mol. The number of carbonyl (C=O) groups excluding carboxylic acids is 1. The summed E-state index contributed by atoms with van der Waals surface area (Å²) in [5, 5.41) is 19.4. The maximum Gasteiger partial charge on any atom is 0.303 e. The number of fused-ring (bicyclic) bond motifs is 4. The molecule has 0 spiro atoms. The van der Waals surface area contributed by atoms with Gasteiger partial charge in [0.25, 0.3) is 0 Å². The number of ether oxygens (including phenoxy) is 1. The van der Waals surface area contributed by atoms with Crippen molar-refractivity contribution in [3.05, 3.63) is 65.8 Å². The smallest absolute Gasteiger partial charge is 0.303 e. The lowest BCUT2D eigenvalue weighted by atomic mass is 9.96. The van der Waals surface area contributed by atoms with E-state index in [1.165, 1.54) is 0 Å². The maximum atomic E-state index is 12.4. The number of aryl methyl sites for hydroxylation is 3. The lowest BCUT2D eigenvalue weighted by Crippen LogP contribution is -2.13. The highest BCUT2D eigenvalue weighted by molar-refractivity contribution is 6.17. The number of nitrogens with zero attached hydrogens (tertiary/aromatic N) is 3. The van der Waals surface area contributed by atoms with Crippen molar-refractivity contribution >= 4 is 50.3 Å². The van der Waals surface area contributed by atoms with Crippen LogP contribution < -0.4 is 10.1 Å². The first kappa shape index (κ1) is 26.0. The van der Waals surface area contributed by atoms with Crippen molar-refractivity contribution in [2.24, 2.45) is 0 Å². The third-order valence-corrected chi connectivity index (χ3v) is 7.20. The molecule has 0 unspecified atom stereocenters. The molecule has 0 aliphatic rings. The molecule has 0 atom stereocenters. The van der Waals surface area contributed by atoms with Crippen LogP contribution in [0.4, 0.5) is 5.69 Å². The van der Waals surface area contributed by atoms with Gasteiger partial charge in [0.2, 0.25) is 5.91 Å². The Labute approximate surface area is 234 Å². The molecular weight excluding hydrogens is 522 g/mol. The SMILES string of the molecule is COc1cc2c(cc1-c1c(C)noc1C)[nH]c1nc(C)nc(-c3ccc(NC(=O)CCC(=O)O)c4ccccc34)c12. The number of hydrogen-bond donors (Lipinski definition) is 3. The van der Waals surface area contributed by atoms with E-state index in [-0.39, 0.29) is 18.7 Å². The highest BCUT2D eigenvalue weighted by Gasteiger charge is 2.22. The Morgan fingerprint density at radius 2 is 1.76 bits per heavy atom. The molecule has 10 heteroatoms. The number of rotatable bonds is 7. The topological polar surface area (TPSA) is 143 Å². The fraction of sp³-hybridized carbons (Fsp3) is 0.194. The summed E-state index contributed by atoms with van der Waals surface area (Å²) in [6.07, 6.45) is -0.341. The number of anilines is 1. The van der Waals surface area contributed by atoms with Gasteiger partial charge in [-0.2, -0.15) is 0 Å². The number of aromatic amines is 1. The van der Waals surface area contributed by atoms with Gasteiger partial charge in [-0.1, -0.05) is 35.5 Å². The Bertz CT molecular complexity index is 1990. The van der Waals surface area contributed by atoms with Crippen LogP contribution in [0.1, 0.15) is 30.1 Å². The van der Waals surface area contributed by atoms with Gasteiger partial charge in [0.15, 0.2) is 0 Å². The fourth-order valence-electron chi connectivity index (χ4n) is 5.41. The van der Waals surface area contributed by atoms with Crippen LogP contribution in [0.2, 0.25) is 0 Å². The molecule has 41 heavy (non-hydrogen) atoms. The molecule has 0 aliphatic carbocycles. The fourth-order valence-corrected chi connectivity index (χ4v) is 5.41. The van der Waals surface area contributed by atoms with Gasteiger partial charge in [0.1, 0.15) is 23.0 Å². The van der Waals surface area contributed by atoms with Gasteiger partial charge in [0, 0.05) is 39.5 Å². The van der Waals surface area contributed by atoms with E-state index in [1.54, 1.807) is 7.11 Å². The summed E-state index contributed by atoms with van der Waals surface area (Å²) >= 11 is 0. The first-order chi connectivity index (χ1) is 19.7. The highest BCUT2D eigenvalue weighted by atomic mass is 16.5. The minimum Gasteiger partial charge on any atom is -0.496 e. The van der Waals surface area contributed by atoms with Gasteiger partial charge in [-0.15, -0.1) is 0 Å². The molecule has 3 heterocycles. The van der Waals surface area contributed by atoms with E-state index in [0.29, 0.717) is 28.7 Å². The number of hydrogen-bond acceptors (Lipinski definition) is 7. The summed E-state index contributed by atoms with van der Waals surface area (Å²) in [4.78, 5) is 36.4. The predicted octanol–water partition coefficient (Wildman–Crippen LogP) is 6.32. The molecule has 0 bridgehead atoms. The second-order valence-electron chi connectivity index (χ2n) is 9.91. The van der Waals surface area contributed by atoms with Crippen LogP contribution in [-0.4, -0.2) is 44.2 Å². The third kappa shape index (κ3) is 4.53. The van der Waals surface area contributed by atoms with Gasteiger partial charge in [0.05, 0.1) is 35.9 Å². The van der Waals surface area contributed by atoms with E-state index in [9.17, 15) is 9.59 Å². The lowest BCUT2D eigenvalue weighted by Gasteiger charge is -2.13. The molecular formula is C31H27N5O5. The van der Waals surface area contributed by atoms with Crippen molar-refractivity contribution < 1.29 is 24.0 Å². The molecule has 3 N–H and O–H groups in total. The van der Waals surface area contributed by atoms with Crippen LogP contribution in [0.3, 0.4) is 0 Å². The predicted molar refractivity (Wildman–Crippen MR) is 156 cm³/mol. The standard InChI is InChI=1S/C31H27N5O5/c1-15-28(16(2)41-36-15)22-13-24-21(14-25(22)40-4)29-30(32-17(3)33-31(29)35-24)20-9-10-23(19-8-6-5-7-18(19)20)34-26(37)11-12-27(38)39/h5-10,13-14H,11-12H2,1-4H3,(H,34,37)(H,38,39)(H,32,33,35). The van der Waals surface area contributed by atoms with E-state index < -0.39 is 5.97 Å². The molecule has 0 radical (unpaired) electrons. The number of carbonyl (C=O) groups is 2. The molecule has 1 amide bonds. The van der Waals surface area contributed by atoms with E-state index in [0.717, 1.165) is 55.1 Å². The summed E-state index contributed by atoms with van der Waals surface area (Å²) in [5.74, 6) is 0.603. The molecule has 6 aromatic rings. The number of H-pyrrole nitrogens is 1. The van der Waals surface area contributed by atoms with Crippen molar-refractivity contribution in [2.75, 3.05) is 12.4 Å². The minimum absolute atomic E-state index is 0.107. The van der Waals surface area contributed by atoms with Gasteiger partial charge < -0.3 is 24.7 Å². The maximum absolute atomic E-state index is 12.4. The number of nitrogens with one attached hydrogen (secondary N) is 2. The molecule has 0 saturated heterocycles. The van der Waals surface area contributed by atoms with Crippen molar-refractivity contribution in [1.82, 2.24) is 20.1 Å². The Morgan fingerprint density at radius 1 is 0.976 bits per heavy atom. The largest absolute Gasteiger partial charge is 0.496 e. The van der Waals surface area contributed by atoms with Gasteiger partial charge in [-0.3, -0.25) is 9.59 Å². The van der Waals surface area contributed by atoms with E-state index >= 15 is 0 Å². The number of aliphatic carboxylic acids is 1. The molecule has 3 aromatic carbocycles. The number of aromatic nitrogens is 4. The summed E-state index contributed by atoms with van der Waals surface area (Å²) in [6.45, 7) is 5.63. The van der Waals surface area contributed by atoms with E-state index in [2.05, 4.69) is 15.5 Å². The van der Waals surface area contributed by atoms with Crippen LogP contribution in [0.15, 0.2) is 53.1 Å². The highest BCUT2D eigenvalue weighted by Crippen LogP contribution is 2.42. The van der Waals surface area contributed by atoms with Crippen molar-refractivity contribution in [3.8, 4) is 28.1 Å². The normalized spacial score (nSPS) is 11.4. The molecule has 0 fully saturated rings. The third-order valence-electron chi connectivity index (χ3n) is 7.20.